The van der Waals surface area contributed by atoms with Gasteiger partial charge in [0.15, 0.2) is 5.82 Å². The van der Waals surface area contributed by atoms with Crippen molar-refractivity contribution in [3.8, 4) is 11.4 Å². The molecule has 46 heavy (non-hydrogen) atoms. The lowest BCUT2D eigenvalue weighted by atomic mass is 10.1. The van der Waals surface area contributed by atoms with Crippen molar-refractivity contribution >= 4 is 39.8 Å². The quantitative estimate of drug-likeness (QED) is 0.200. The lowest BCUT2D eigenvalue weighted by Gasteiger charge is -2.35. The predicted molar refractivity (Wildman–Crippen MR) is 157 cm³/mol. The minimum atomic E-state index is -5.84. The van der Waals surface area contributed by atoms with E-state index >= 15 is 0 Å². The Kier molecular flexibility index (Phi) is 14.1. The van der Waals surface area contributed by atoms with E-state index in [1.165, 1.54) is 15.9 Å². The minimum absolute atomic E-state index is 0.0534. The molecule has 1 atom stereocenters. The van der Waals surface area contributed by atoms with Gasteiger partial charge in [-0.05, 0) is 19.8 Å². The maximum absolute atomic E-state index is 13.3. The molecule has 1 aromatic heterocycles. The fourth-order valence-corrected chi connectivity index (χ4v) is 3.93. The van der Waals surface area contributed by atoms with Gasteiger partial charge < -0.3 is 30.3 Å². The number of hydrogen-bond acceptors (Lipinski definition) is 10. The molecule has 0 aliphatic carbocycles. The summed E-state index contributed by atoms with van der Waals surface area (Å²) in [4.78, 5) is 61.8. The van der Waals surface area contributed by atoms with Crippen LogP contribution in [0.25, 0.3) is 11.4 Å². The second-order valence-corrected chi connectivity index (χ2v) is 11.1. The summed E-state index contributed by atoms with van der Waals surface area (Å²) in [6, 6.07) is 9.64. The first kappa shape index (κ1) is 37.7. The minimum Gasteiger partial charge on any atom is -0.481 e. The van der Waals surface area contributed by atoms with E-state index < -0.39 is 45.5 Å². The standard InChI is InChI=1S/C26H34N6O6.CHF3O3S/c1-3-12-27-21-17-20(28-23(30-21)18-8-6-5-7-9-18)24(35)29-19(10-11-22(33)34)25(36)31-13-15-32(16-14-31)26(37)38-4-2;2-1(3,4)8(5,6)7/h5-9,17,19H,3-4,10-16H2,1-2H3,(H,29,35)(H,33,34)(H,27,28,30);(H,5,6,7)/t19-;/m0./s1. The number of carboxylic acid groups (broad SMARTS) is 1. The van der Waals surface area contributed by atoms with Crippen LogP contribution in [0.3, 0.4) is 0 Å². The second-order valence-electron chi connectivity index (χ2n) is 9.65. The average Bonchev–Trinajstić information content (AvgIpc) is 3.01. The van der Waals surface area contributed by atoms with Gasteiger partial charge in [-0.15, -0.1) is 0 Å². The highest BCUT2D eigenvalue weighted by Crippen LogP contribution is 2.21. The molecule has 1 fully saturated rings. The molecule has 254 valence electrons. The molecule has 3 amide bonds. The van der Waals surface area contributed by atoms with E-state index in [4.69, 9.17) is 17.7 Å². The SMILES string of the molecule is CCCNc1cc(C(=O)N[C@@H](CCC(=O)O)C(=O)N2CCN(C(=O)OCC)CC2)nc(-c2ccccc2)n1.O=S(=O)(O)C(F)(F)F. The Bertz CT molecular complexity index is 1450. The normalized spacial score (nSPS) is 14.0. The summed E-state index contributed by atoms with van der Waals surface area (Å²) in [7, 11) is -5.84. The predicted octanol–water partition coefficient (Wildman–Crippen LogP) is 2.62. The molecule has 4 N–H and O–H groups in total. The zero-order chi connectivity index (χ0) is 34.5. The first-order valence-electron chi connectivity index (χ1n) is 14.0. The van der Waals surface area contributed by atoms with Crippen molar-refractivity contribution in [1.29, 1.82) is 0 Å². The van der Waals surface area contributed by atoms with Crippen molar-refractivity contribution in [2.45, 2.75) is 44.7 Å². The summed E-state index contributed by atoms with van der Waals surface area (Å²) in [6.45, 7) is 5.67. The molecule has 1 saturated heterocycles. The van der Waals surface area contributed by atoms with Gasteiger partial charge in [0.05, 0.1) is 6.61 Å². The van der Waals surface area contributed by atoms with Crippen LogP contribution in [0.15, 0.2) is 36.4 Å². The van der Waals surface area contributed by atoms with E-state index in [1.807, 2.05) is 37.3 Å². The van der Waals surface area contributed by atoms with Crippen LogP contribution in [0.4, 0.5) is 23.8 Å². The van der Waals surface area contributed by atoms with Gasteiger partial charge in [0.25, 0.3) is 5.91 Å². The van der Waals surface area contributed by atoms with E-state index in [0.29, 0.717) is 18.2 Å². The molecule has 2 aromatic rings. The van der Waals surface area contributed by atoms with Crippen LogP contribution in [0.5, 0.6) is 0 Å². The van der Waals surface area contributed by atoms with Crippen LogP contribution in [-0.4, -0.2) is 113 Å². The lowest BCUT2D eigenvalue weighted by Crippen LogP contribution is -2.56. The number of carboxylic acids is 1. The van der Waals surface area contributed by atoms with Gasteiger partial charge in [-0.2, -0.15) is 21.6 Å². The molecule has 0 unspecified atom stereocenters. The van der Waals surface area contributed by atoms with Gasteiger partial charge in [-0.1, -0.05) is 37.3 Å². The van der Waals surface area contributed by atoms with Crippen molar-refractivity contribution in [2.75, 3.05) is 44.6 Å². The number of anilines is 1. The highest BCUT2D eigenvalue weighted by atomic mass is 32.2. The summed E-state index contributed by atoms with van der Waals surface area (Å²) >= 11 is 0. The number of alkyl halides is 3. The number of ether oxygens (including phenoxy) is 1. The Morgan fingerprint density at radius 2 is 1.61 bits per heavy atom. The third-order valence-electron chi connectivity index (χ3n) is 6.21. The molecular formula is C27H35F3N6O9S. The number of hydrogen-bond donors (Lipinski definition) is 4. The van der Waals surface area contributed by atoms with Crippen molar-refractivity contribution in [2.24, 2.45) is 0 Å². The van der Waals surface area contributed by atoms with Crippen LogP contribution in [0.1, 0.15) is 43.6 Å². The highest BCUT2D eigenvalue weighted by Gasteiger charge is 2.44. The number of nitrogens with one attached hydrogen (secondary N) is 2. The number of benzene rings is 1. The Morgan fingerprint density at radius 3 is 2.13 bits per heavy atom. The van der Waals surface area contributed by atoms with E-state index in [2.05, 4.69) is 20.6 Å². The maximum atomic E-state index is 13.3. The molecule has 0 spiro atoms. The number of rotatable bonds is 11. The van der Waals surface area contributed by atoms with Crippen molar-refractivity contribution in [3.05, 3.63) is 42.1 Å². The molecule has 19 heteroatoms. The Hall–Kier alpha value is -4.52. The van der Waals surface area contributed by atoms with Gasteiger partial charge in [0, 0.05) is 50.8 Å². The fraction of sp³-hybridized carbons (Fsp3) is 0.481. The van der Waals surface area contributed by atoms with Crippen LogP contribution in [0, 0.1) is 0 Å². The summed E-state index contributed by atoms with van der Waals surface area (Å²) in [5, 5.41) is 15.1. The Labute approximate surface area is 262 Å². The van der Waals surface area contributed by atoms with Crippen LogP contribution in [0.2, 0.25) is 0 Å². The summed E-state index contributed by atoms with van der Waals surface area (Å²) in [5.41, 5.74) is -4.76. The molecule has 15 nitrogen and oxygen atoms in total. The fourth-order valence-electron chi connectivity index (χ4n) is 3.93. The van der Waals surface area contributed by atoms with Gasteiger partial charge in [-0.25, -0.2) is 14.8 Å². The number of aromatic nitrogens is 2. The molecule has 0 bridgehead atoms. The first-order valence-corrected chi connectivity index (χ1v) is 15.5. The second kappa shape index (κ2) is 17.2. The lowest BCUT2D eigenvalue weighted by molar-refractivity contribution is -0.138. The van der Waals surface area contributed by atoms with Crippen LogP contribution in [-0.2, 0) is 24.4 Å². The largest absolute Gasteiger partial charge is 0.522 e. The van der Waals surface area contributed by atoms with Crippen LogP contribution < -0.4 is 10.6 Å². The molecule has 1 aliphatic rings. The summed E-state index contributed by atoms with van der Waals surface area (Å²) < 4.78 is 62.6. The molecule has 3 rings (SSSR count). The third kappa shape index (κ3) is 11.8. The molecule has 0 saturated carbocycles. The van der Waals surface area contributed by atoms with Gasteiger partial charge in [-0.3, -0.25) is 18.9 Å². The van der Waals surface area contributed by atoms with E-state index in [0.717, 1.165) is 12.0 Å². The first-order chi connectivity index (χ1) is 21.6. The van der Waals surface area contributed by atoms with Gasteiger partial charge in [0.2, 0.25) is 5.91 Å². The monoisotopic (exact) mass is 676 g/mol. The number of carbonyl (C=O) groups is 4. The van der Waals surface area contributed by atoms with Crippen molar-refractivity contribution < 1.29 is 55.2 Å². The Balaban J connectivity index is 0.000000812. The molecule has 0 radical (unpaired) electrons. The van der Waals surface area contributed by atoms with Crippen molar-refractivity contribution in [1.82, 2.24) is 25.1 Å². The van der Waals surface area contributed by atoms with E-state index in [1.54, 1.807) is 6.92 Å². The molecular weight excluding hydrogens is 641 g/mol. The Morgan fingerprint density at radius 1 is 1.02 bits per heavy atom. The van der Waals surface area contributed by atoms with Gasteiger partial charge >= 0.3 is 27.7 Å². The molecule has 1 aromatic carbocycles. The zero-order valence-corrected chi connectivity index (χ0v) is 25.8. The van der Waals surface area contributed by atoms with E-state index in [9.17, 15) is 37.5 Å². The molecule has 2 heterocycles. The number of piperazine rings is 1. The topological polar surface area (TPSA) is 208 Å². The number of nitrogens with zero attached hydrogens (tertiary/aromatic N) is 4. The summed E-state index contributed by atoms with van der Waals surface area (Å²) in [6.07, 6.45) is 0.0134. The number of aliphatic carboxylic acids is 1. The summed E-state index contributed by atoms with van der Waals surface area (Å²) in [5.74, 6) is -1.29. The van der Waals surface area contributed by atoms with Gasteiger partial charge in [0.1, 0.15) is 17.6 Å². The van der Waals surface area contributed by atoms with Crippen molar-refractivity contribution in [3.63, 3.8) is 0 Å². The van der Waals surface area contributed by atoms with Crippen LogP contribution >= 0.6 is 0 Å². The van der Waals surface area contributed by atoms with E-state index in [-0.39, 0.29) is 51.3 Å². The number of amides is 3. The third-order valence-corrected chi connectivity index (χ3v) is 6.79. The highest BCUT2D eigenvalue weighted by molar-refractivity contribution is 7.86. The number of carbonyl (C=O) groups excluding carboxylic acids is 3. The molecule has 1 aliphatic heterocycles. The average molecular weight is 677 g/mol. The number of halogens is 3. The maximum Gasteiger partial charge on any atom is 0.522 e. The smallest absolute Gasteiger partial charge is 0.481 e. The zero-order valence-electron chi connectivity index (χ0n) is 25.0.